The fourth-order valence-corrected chi connectivity index (χ4v) is 4.99. The molecule has 0 aliphatic rings. The Morgan fingerprint density at radius 1 is 0.700 bits per heavy atom. The molecular formula is C35H41N3O2. The average Bonchev–Trinajstić information content (AvgIpc) is 2.97. The first-order chi connectivity index (χ1) is 19.5. The van der Waals surface area contributed by atoms with E-state index in [2.05, 4.69) is 17.6 Å². The number of amides is 2. The molecule has 1 heterocycles. The van der Waals surface area contributed by atoms with E-state index in [1.807, 2.05) is 85.8 Å². The Hall–Kier alpha value is -3.99. The number of pyridine rings is 1. The normalized spacial score (nSPS) is 10.9. The Morgan fingerprint density at radius 3 is 2.00 bits per heavy atom. The summed E-state index contributed by atoms with van der Waals surface area (Å²) >= 11 is 0. The van der Waals surface area contributed by atoms with E-state index in [1.165, 1.54) is 44.9 Å². The molecule has 4 rings (SSSR count). The van der Waals surface area contributed by atoms with Gasteiger partial charge in [-0.3, -0.25) is 9.59 Å². The largest absolute Gasteiger partial charge is 0.326 e. The predicted molar refractivity (Wildman–Crippen MR) is 167 cm³/mol. The van der Waals surface area contributed by atoms with Gasteiger partial charge in [-0.05, 0) is 49.2 Å². The molecule has 0 spiro atoms. The summed E-state index contributed by atoms with van der Waals surface area (Å²) in [7, 11) is 0. The van der Waals surface area contributed by atoms with Crippen molar-refractivity contribution in [2.45, 2.75) is 78.1 Å². The maximum absolute atomic E-state index is 13.4. The van der Waals surface area contributed by atoms with Crippen molar-refractivity contribution in [3.63, 3.8) is 0 Å². The molecule has 2 amide bonds. The zero-order valence-corrected chi connectivity index (χ0v) is 23.8. The molecule has 40 heavy (non-hydrogen) atoms. The van der Waals surface area contributed by atoms with Crippen molar-refractivity contribution in [2.24, 2.45) is 0 Å². The predicted octanol–water partition coefficient (Wildman–Crippen LogP) is 9.32. The van der Waals surface area contributed by atoms with Crippen molar-refractivity contribution >= 4 is 34.1 Å². The van der Waals surface area contributed by atoms with Crippen molar-refractivity contribution in [1.29, 1.82) is 0 Å². The van der Waals surface area contributed by atoms with Crippen LogP contribution < -0.4 is 10.6 Å². The molecule has 208 valence electrons. The molecule has 2 N–H and O–H groups in total. The van der Waals surface area contributed by atoms with Crippen LogP contribution in [0.25, 0.3) is 22.2 Å². The average molecular weight is 536 g/mol. The van der Waals surface area contributed by atoms with Gasteiger partial charge in [0.05, 0.1) is 16.8 Å². The summed E-state index contributed by atoms with van der Waals surface area (Å²) in [5.41, 5.74) is 5.54. The Morgan fingerprint density at radius 2 is 1.32 bits per heavy atom. The lowest BCUT2D eigenvalue weighted by molar-refractivity contribution is -0.116. The summed E-state index contributed by atoms with van der Waals surface area (Å²) in [5.74, 6) is -0.163. The highest BCUT2D eigenvalue weighted by Crippen LogP contribution is 2.27. The first-order valence-electron chi connectivity index (χ1n) is 14.7. The number of hydrogen-bond donors (Lipinski definition) is 2. The standard InChI is InChI=1S/C35H41N3O2/c1-3-4-5-6-7-8-9-10-14-20-33(39)36-28-21-23-29(24-22-28)37-35(40)31-25-32(27-17-12-11-13-18-27)38-34-26(2)16-15-19-30(31)34/h11-13,15-19,21-25H,3-10,14,20H2,1-2H3,(H,36,39)(H,37,40). The number of anilines is 2. The van der Waals surface area contributed by atoms with Crippen LogP contribution in [0.2, 0.25) is 0 Å². The molecule has 0 saturated carbocycles. The van der Waals surface area contributed by atoms with Crippen LogP contribution in [0.4, 0.5) is 11.4 Å². The van der Waals surface area contributed by atoms with Crippen LogP contribution in [0.3, 0.4) is 0 Å². The van der Waals surface area contributed by atoms with E-state index in [1.54, 1.807) is 0 Å². The van der Waals surface area contributed by atoms with Gasteiger partial charge in [-0.2, -0.15) is 0 Å². The van der Waals surface area contributed by atoms with Crippen molar-refractivity contribution in [3.8, 4) is 11.3 Å². The van der Waals surface area contributed by atoms with Gasteiger partial charge in [0.15, 0.2) is 0 Å². The van der Waals surface area contributed by atoms with Crippen LogP contribution in [0.15, 0.2) is 78.9 Å². The number of benzene rings is 3. The van der Waals surface area contributed by atoms with Gasteiger partial charge in [0.1, 0.15) is 0 Å². The van der Waals surface area contributed by atoms with Crippen molar-refractivity contribution in [2.75, 3.05) is 10.6 Å². The molecule has 1 aromatic heterocycles. The zero-order chi connectivity index (χ0) is 28.2. The Kier molecular flexibility index (Phi) is 10.9. The number of nitrogens with zero attached hydrogens (tertiary/aromatic N) is 1. The fraction of sp³-hybridized carbons (Fsp3) is 0.343. The van der Waals surface area contributed by atoms with E-state index < -0.39 is 0 Å². The molecule has 3 aromatic carbocycles. The van der Waals surface area contributed by atoms with E-state index in [0.717, 1.165) is 46.3 Å². The lowest BCUT2D eigenvalue weighted by Crippen LogP contribution is -2.14. The molecule has 4 aromatic rings. The Balaban J connectivity index is 1.32. The molecule has 5 heteroatoms. The highest BCUT2D eigenvalue weighted by atomic mass is 16.2. The Bertz CT molecular complexity index is 1400. The molecule has 0 aliphatic heterocycles. The van der Waals surface area contributed by atoms with E-state index in [4.69, 9.17) is 4.98 Å². The molecule has 0 unspecified atom stereocenters. The van der Waals surface area contributed by atoms with E-state index in [0.29, 0.717) is 17.7 Å². The number of para-hydroxylation sites is 1. The summed E-state index contributed by atoms with van der Waals surface area (Å²) in [4.78, 5) is 30.7. The molecule has 0 radical (unpaired) electrons. The lowest BCUT2D eigenvalue weighted by atomic mass is 10.0. The summed E-state index contributed by atoms with van der Waals surface area (Å²) in [6, 6.07) is 24.9. The number of unbranched alkanes of at least 4 members (excludes halogenated alkanes) is 8. The van der Waals surface area contributed by atoms with Crippen LogP contribution in [0.5, 0.6) is 0 Å². The van der Waals surface area contributed by atoms with Crippen LogP contribution >= 0.6 is 0 Å². The van der Waals surface area contributed by atoms with Gasteiger partial charge in [0.25, 0.3) is 5.91 Å². The molecule has 0 bridgehead atoms. The van der Waals surface area contributed by atoms with Gasteiger partial charge >= 0.3 is 0 Å². The maximum atomic E-state index is 13.4. The third-order valence-electron chi connectivity index (χ3n) is 7.29. The smallest absolute Gasteiger partial charge is 0.256 e. The van der Waals surface area contributed by atoms with E-state index in [-0.39, 0.29) is 11.8 Å². The number of nitrogens with one attached hydrogen (secondary N) is 2. The summed E-state index contributed by atoms with van der Waals surface area (Å²) < 4.78 is 0. The second-order valence-electron chi connectivity index (χ2n) is 10.6. The number of carbonyl (C=O) groups excluding carboxylic acids is 2. The van der Waals surface area contributed by atoms with Crippen LogP contribution in [-0.4, -0.2) is 16.8 Å². The fourth-order valence-electron chi connectivity index (χ4n) is 4.99. The minimum atomic E-state index is -0.197. The number of aryl methyl sites for hydroxylation is 1. The lowest BCUT2D eigenvalue weighted by Gasteiger charge is -2.12. The van der Waals surface area contributed by atoms with Crippen LogP contribution in [-0.2, 0) is 4.79 Å². The van der Waals surface area contributed by atoms with E-state index in [9.17, 15) is 9.59 Å². The van der Waals surface area contributed by atoms with Crippen molar-refractivity contribution in [1.82, 2.24) is 4.98 Å². The Labute approximate surface area is 238 Å². The molecule has 0 atom stereocenters. The molecular weight excluding hydrogens is 494 g/mol. The second-order valence-corrected chi connectivity index (χ2v) is 10.6. The quantitative estimate of drug-likeness (QED) is 0.158. The highest BCUT2D eigenvalue weighted by molar-refractivity contribution is 6.13. The minimum Gasteiger partial charge on any atom is -0.326 e. The molecule has 0 saturated heterocycles. The first kappa shape index (κ1) is 29.0. The van der Waals surface area contributed by atoms with Crippen LogP contribution in [0, 0.1) is 6.92 Å². The minimum absolute atomic E-state index is 0.0341. The highest BCUT2D eigenvalue weighted by Gasteiger charge is 2.15. The van der Waals surface area contributed by atoms with Gasteiger partial charge in [0, 0.05) is 28.7 Å². The maximum Gasteiger partial charge on any atom is 0.256 e. The summed E-state index contributed by atoms with van der Waals surface area (Å²) in [6.45, 7) is 4.25. The number of fused-ring (bicyclic) bond motifs is 1. The first-order valence-corrected chi connectivity index (χ1v) is 14.7. The number of carbonyl (C=O) groups is 2. The van der Waals surface area contributed by atoms with Gasteiger partial charge in [-0.1, -0.05) is 107 Å². The van der Waals surface area contributed by atoms with Gasteiger partial charge < -0.3 is 10.6 Å². The molecule has 0 aliphatic carbocycles. The van der Waals surface area contributed by atoms with Gasteiger partial charge in [-0.15, -0.1) is 0 Å². The second kappa shape index (κ2) is 15.0. The monoisotopic (exact) mass is 535 g/mol. The van der Waals surface area contributed by atoms with E-state index >= 15 is 0 Å². The summed E-state index contributed by atoms with van der Waals surface area (Å²) in [6.07, 6.45) is 11.6. The third-order valence-corrected chi connectivity index (χ3v) is 7.29. The molecule has 5 nitrogen and oxygen atoms in total. The van der Waals surface area contributed by atoms with Crippen molar-refractivity contribution < 1.29 is 9.59 Å². The topological polar surface area (TPSA) is 71.1 Å². The van der Waals surface area contributed by atoms with Gasteiger partial charge in [0.2, 0.25) is 5.91 Å². The third kappa shape index (κ3) is 8.25. The number of hydrogen-bond acceptors (Lipinski definition) is 3. The molecule has 0 fully saturated rings. The SMILES string of the molecule is CCCCCCCCCCCC(=O)Nc1ccc(NC(=O)c2cc(-c3ccccc3)nc3c(C)cccc23)cc1. The van der Waals surface area contributed by atoms with Crippen molar-refractivity contribution in [3.05, 3.63) is 90.0 Å². The summed E-state index contributed by atoms with van der Waals surface area (Å²) in [5, 5.41) is 6.81. The number of rotatable bonds is 14. The van der Waals surface area contributed by atoms with Crippen LogP contribution in [0.1, 0.15) is 87.1 Å². The van der Waals surface area contributed by atoms with Gasteiger partial charge in [-0.25, -0.2) is 4.98 Å². The zero-order valence-electron chi connectivity index (χ0n) is 23.8. The number of aromatic nitrogens is 1.